The topological polar surface area (TPSA) is 164 Å². The number of urea groups is 1. The number of halogens is 1. The lowest BCUT2D eigenvalue weighted by atomic mass is 10.2. The standard InChI is InChI=1S/C39H38FN7O7S/c40-29-18-28(45-38(50)44-27-7-8-27)9-11-32(29)54-33-12-13-41-31-19-34(55-37(31)33)30-10-6-26(20-42-30)22-46-14-16-47(17-15-46)35(48)24-52-36(49)21-43-39(51)53-23-25-4-2-1-3-5-25/h1-6,9-13,18-20,27H,7-8,14-17,21-24H2,(H,43,51)(H2,44,45,50). The van der Waals surface area contributed by atoms with Crippen molar-refractivity contribution in [3.05, 3.63) is 102 Å². The monoisotopic (exact) mass is 767 g/mol. The van der Waals surface area contributed by atoms with Gasteiger partial charge in [0.15, 0.2) is 18.2 Å². The molecule has 284 valence electrons. The lowest BCUT2D eigenvalue weighted by Crippen LogP contribution is -2.49. The van der Waals surface area contributed by atoms with Crippen molar-refractivity contribution in [3.8, 4) is 22.1 Å². The summed E-state index contributed by atoms with van der Waals surface area (Å²) in [6, 6.07) is 20.8. The number of anilines is 1. The number of piperazine rings is 1. The van der Waals surface area contributed by atoms with Crippen LogP contribution in [0.3, 0.4) is 0 Å². The van der Waals surface area contributed by atoms with Gasteiger partial charge in [-0.1, -0.05) is 36.4 Å². The number of ether oxygens (including phenoxy) is 3. The van der Waals surface area contributed by atoms with Gasteiger partial charge in [-0.3, -0.25) is 24.5 Å². The zero-order valence-electron chi connectivity index (χ0n) is 29.7. The number of carbonyl (C=O) groups excluding carboxylic acids is 4. The third kappa shape index (κ3) is 10.3. The number of carbonyl (C=O) groups is 4. The molecule has 0 unspecified atom stereocenters. The molecule has 55 heavy (non-hydrogen) atoms. The lowest BCUT2D eigenvalue weighted by molar-refractivity contribution is -0.152. The predicted molar refractivity (Wildman–Crippen MR) is 202 cm³/mol. The van der Waals surface area contributed by atoms with E-state index in [4.69, 9.17) is 19.2 Å². The molecule has 0 bridgehead atoms. The van der Waals surface area contributed by atoms with Crippen molar-refractivity contribution in [1.29, 1.82) is 0 Å². The second kappa shape index (κ2) is 17.3. The van der Waals surface area contributed by atoms with Crippen LogP contribution in [-0.4, -0.2) is 89.1 Å². The van der Waals surface area contributed by atoms with Gasteiger partial charge in [-0.15, -0.1) is 11.3 Å². The Labute approximate surface area is 319 Å². The van der Waals surface area contributed by atoms with Crippen LogP contribution in [0.25, 0.3) is 20.8 Å². The van der Waals surface area contributed by atoms with Crippen LogP contribution in [0.4, 0.5) is 19.7 Å². The molecule has 7 rings (SSSR count). The first-order chi connectivity index (χ1) is 26.8. The first kappa shape index (κ1) is 37.2. The molecule has 0 atom stereocenters. The number of fused-ring (bicyclic) bond motifs is 1. The Kier molecular flexibility index (Phi) is 11.7. The third-order valence-electron chi connectivity index (χ3n) is 8.85. The molecule has 3 N–H and O–H groups in total. The number of nitrogens with zero attached hydrogens (tertiary/aromatic N) is 4. The molecule has 5 aromatic rings. The zero-order valence-corrected chi connectivity index (χ0v) is 30.5. The number of benzene rings is 2. The SMILES string of the molecule is O=C(Nc1ccc(Oc2ccnc3cc(-c4ccc(CN5CCN(C(=O)COC(=O)CNC(=O)OCc6ccccc6)CC5)cn4)sc23)c(F)c1)NC1CC1. The minimum absolute atomic E-state index is 0.0233. The number of aromatic nitrogens is 2. The molecule has 1 aliphatic heterocycles. The molecule has 1 aliphatic carbocycles. The van der Waals surface area contributed by atoms with E-state index in [1.54, 1.807) is 23.2 Å². The van der Waals surface area contributed by atoms with Gasteiger partial charge in [0, 0.05) is 69.0 Å². The number of hydrogen-bond donors (Lipinski definition) is 3. The highest BCUT2D eigenvalue weighted by Crippen LogP contribution is 2.39. The van der Waals surface area contributed by atoms with E-state index in [0.717, 1.165) is 39.2 Å². The number of amides is 4. The second-order valence-corrected chi connectivity index (χ2v) is 14.1. The number of nitrogens with one attached hydrogen (secondary N) is 3. The summed E-state index contributed by atoms with van der Waals surface area (Å²) < 4.78 is 31.8. The van der Waals surface area contributed by atoms with Crippen LogP contribution in [-0.2, 0) is 32.2 Å². The molecule has 14 nitrogen and oxygen atoms in total. The van der Waals surface area contributed by atoms with Crippen LogP contribution >= 0.6 is 11.3 Å². The van der Waals surface area contributed by atoms with Crippen LogP contribution in [0.15, 0.2) is 85.2 Å². The second-order valence-electron chi connectivity index (χ2n) is 13.0. The smallest absolute Gasteiger partial charge is 0.407 e. The molecule has 0 radical (unpaired) electrons. The van der Waals surface area contributed by atoms with Gasteiger partial charge in [0.25, 0.3) is 5.91 Å². The highest BCUT2D eigenvalue weighted by atomic mass is 32.1. The van der Waals surface area contributed by atoms with Crippen LogP contribution in [0.2, 0.25) is 0 Å². The molecule has 3 aromatic heterocycles. The first-order valence-corrected chi connectivity index (χ1v) is 18.6. The minimum Gasteiger partial charge on any atom is -0.454 e. The zero-order chi connectivity index (χ0) is 38.1. The molecule has 2 fully saturated rings. The maximum absolute atomic E-state index is 15.0. The molecule has 2 aliphatic rings. The fourth-order valence-electron chi connectivity index (χ4n) is 5.76. The van der Waals surface area contributed by atoms with Crippen molar-refractivity contribution in [1.82, 2.24) is 30.4 Å². The first-order valence-electron chi connectivity index (χ1n) is 17.7. The quantitative estimate of drug-likeness (QED) is 0.127. The maximum atomic E-state index is 15.0. The van der Waals surface area contributed by atoms with E-state index >= 15 is 0 Å². The number of pyridine rings is 2. The van der Waals surface area contributed by atoms with Crippen molar-refractivity contribution in [2.45, 2.75) is 32.0 Å². The molecule has 2 aromatic carbocycles. The van der Waals surface area contributed by atoms with E-state index in [1.165, 1.54) is 23.5 Å². The maximum Gasteiger partial charge on any atom is 0.407 e. The number of thiophene rings is 1. The molecular formula is C39H38FN7O7S. The summed E-state index contributed by atoms with van der Waals surface area (Å²) in [6.45, 7) is 2.13. The van der Waals surface area contributed by atoms with Crippen molar-refractivity contribution in [2.75, 3.05) is 44.6 Å². The normalized spacial score (nSPS) is 14.2. The molecule has 4 amide bonds. The van der Waals surface area contributed by atoms with Gasteiger partial charge >= 0.3 is 18.1 Å². The van der Waals surface area contributed by atoms with E-state index in [0.29, 0.717) is 49.7 Å². The Morgan fingerprint density at radius 1 is 0.873 bits per heavy atom. The van der Waals surface area contributed by atoms with Crippen LogP contribution in [0.1, 0.15) is 24.0 Å². The lowest BCUT2D eigenvalue weighted by Gasteiger charge is -2.34. The largest absolute Gasteiger partial charge is 0.454 e. The number of hydrogen-bond acceptors (Lipinski definition) is 11. The Bertz CT molecular complexity index is 2160. The fourth-order valence-corrected chi connectivity index (χ4v) is 6.80. The summed E-state index contributed by atoms with van der Waals surface area (Å²) >= 11 is 1.44. The number of esters is 1. The van der Waals surface area contributed by atoms with Crippen LogP contribution in [0, 0.1) is 5.82 Å². The van der Waals surface area contributed by atoms with Gasteiger partial charge < -0.3 is 35.1 Å². The molecule has 16 heteroatoms. The summed E-state index contributed by atoms with van der Waals surface area (Å²) in [6.07, 6.45) is 4.58. The summed E-state index contributed by atoms with van der Waals surface area (Å²) in [5.41, 5.74) is 3.60. The fraction of sp³-hybridized carbons (Fsp3) is 0.282. The van der Waals surface area contributed by atoms with Gasteiger partial charge in [-0.25, -0.2) is 14.0 Å². The molecule has 1 saturated carbocycles. The summed E-state index contributed by atoms with van der Waals surface area (Å²) in [4.78, 5) is 62.5. The number of alkyl carbamates (subject to hydrolysis) is 1. The van der Waals surface area contributed by atoms with Crippen molar-refractivity contribution in [3.63, 3.8) is 0 Å². The Morgan fingerprint density at radius 3 is 2.44 bits per heavy atom. The van der Waals surface area contributed by atoms with Crippen LogP contribution in [0.5, 0.6) is 11.5 Å². The highest BCUT2D eigenvalue weighted by Gasteiger charge is 2.24. The van der Waals surface area contributed by atoms with Crippen molar-refractivity contribution < 1.29 is 37.8 Å². The summed E-state index contributed by atoms with van der Waals surface area (Å²) in [5.74, 6) is -1.17. The average Bonchev–Trinajstić information content (AvgIpc) is 3.90. The average molecular weight is 768 g/mol. The van der Waals surface area contributed by atoms with E-state index in [2.05, 4.69) is 25.8 Å². The summed E-state index contributed by atoms with van der Waals surface area (Å²) in [7, 11) is 0. The predicted octanol–water partition coefficient (Wildman–Crippen LogP) is 5.69. The number of rotatable bonds is 13. The molecule has 0 spiro atoms. The van der Waals surface area contributed by atoms with Gasteiger partial charge in [0.05, 0.1) is 20.8 Å². The molecular weight excluding hydrogens is 730 g/mol. The van der Waals surface area contributed by atoms with Gasteiger partial charge in [0.2, 0.25) is 0 Å². The van der Waals surface area contributed by atoms with Gasteiger partial charge in [-0.2, -0.15) is 0 Å². The van der Waals surface area contributed by atoms with Crippen LogP contribution < -0.4 is 20.7 Å². The Morgan fingerprint density at radius 2 is 1.69 bits per heavy atom. The van der Waals surface area contributed by atoms with E-state index in [-0.39, 0.29) is 30.3 Å². The van der Waals surface area contributed by atoms with Gasteiger partial charge in [-0.05, 0) is 48.2 Å². The summed E-state index contributed by atoms with van der Waals surface area (Å²) in [5, 5.41) is 7.77. The van der Waals surface area contributed by atoms with Crippen molar-refractivity contribution >= 4 is 51.2 Å². The molecule has 1 saturated heterocycles. The van der Waals surface area contributed by atoms with E-state index < -0.39 is 31.0 Å². The Balaban J connectivity index is 0.850. The van der Waals surface area contributed by atoms with E-state index in [9.17, 15) is 23.6 Å². The minimum atomic E-state index is -0.755. The van der Waals surface area contributed by atoms with Gasteiger partial charge in [0.1, 0.15) is 18.9 Å². The molecule has 4 heterocycles. The highest BCUT2D eigenvalue weighted by molar-refractivity contribution is 7.22. The third-order valence-corrected chi connectivity index (χ3v) is 10.0. The Hall–Kier alpha value is -6.13. The van der Waals surface area contributed by atoms with E-state index in [1.807, 2.05) is 54.7 Å². The van der Waals surface area contributed by atoms with Crippen molar-refractivity contribution in [2.24, 2.45) is 0 Å².